The molecule has 0 saturated carbocycles. The van der Waals surface area contributed by atoms with Crippen LogP contribution >= 0.6 is 0 Å². The molecule has 114 valence electrons. The molecule has 1 unspecified atom stereocenters. The second kappa shape index (κ2) is 7.55. The van der Waals surface area contributed by atoms with Crippen molar-refractivity contribution in [3.05, 3.63) is 34.1 Å². The van der Waals surface area contributed by atoms with E-state index in [1.165, 1.54) is 0 Å². The summed E-state index contributed by atoms with van der Waals surface area (Å²) in [6.45, 7) is 2.03. The van der Waals surface area contributed by atoms with Crippen LogP contribution in [0.5, 0.6) is 5.75 Å². The number of nitrogens with zero attached hydrogens (tertiary/aromatic N) is 2. The lowest BCUT2D eigenvalue weighted by molar-refractivity contribution is -0.385. The molecule has 0 aliphatic heterocycles. The molecule has 0 aliphatic carbocycles. The lowest BCUT2D eigenvalue weighted by Crippen LogP contribution is -2.37. The van der Waals surface area contributed by atoms with E-state index in [-0.39, 0.29) is 18.0 Å². The summed E-state index contributed by atoms with van der Waals surface area (Å²) in [5, 5.41) is 22.7. The van der Waals surface area contributed by atoms with Gasteiger partial charge >= 0.3 is 5.69 Å². The van der Waals surface area contributed by atoms with Crippen molar-refractivity contribution >= 4 is 5.69 Å². The molecular formula is C14H18FN3O3. The van der Waals surface area contributed by atoms with E-state index < -0.39 is 16.3 Å². The minimum absolute atomic E-state index is 0.0725. The molecule has 0 fully saturated rings. The van der Waals surface area contributed by atoms with Gasteiger partial charge in [0.2, 0.25) is 0 Å². The Morgan fingerprint density at radius 3 is 2.81 bits per heavy atom. The van der Waals surface area contributed by atoms with E-state index in [4.69, 9.17) is 10.00 Å². The largest absolute Gasteiger partial charge is 0.487 e. The van der Waals surface area contributed by atoms with Crippen molar-refractivity contribution in [1.29, 1.82) is 5.26 Å². The van der Waals surface area contributed by atoms with Gasteiger partial charge in [-0.3, -0.25) is 10.1 Å². The second-order valence-electron chi connectivity index (χ2n) is 4.87. The van der Waals surface area contributed by atoms with Crippen molar-refractivity contribution in [1.82, 2.24) is 5.32 Å². The molecule has 0 spiro atoms. The van der Waals surface area contributed by atoms with Crippen LogP contribution in [0.15, 0.2) is 18.2 Å². The van der Waals surface area contributed by atoms with Gasteiger partial charge in [-0.2, -0.15) is 5.26 Å². The first-order valence-corrected chi connectivity index (χ1v) is 6.59. The Balaban J connectivity index is 2.49. The Morgan fingerprint density at radius 2 is 2.24 bits per heavy atom. The lowest BCUT2D eigenvalue weighted by atomic mass is 9.97. The summed E-state index contributed by atoms with van der Waals surface area (Å²) in [7, 11) is 1.72. The highest BCUT2D eigenvalue weighted by atomic mass is 19.1. The number of nitro groups is 1. The predicted octanol–water partition coefficient (Wildman–Crippen LogP) is 2.78. The first-order valence-electron chi connectivity index (χ1n) is 6.59. The highest BCUT2D eigenvalue weighted by molar-refractivity contribution is 5.46. The van der Waals surface area contributed by atoms with Crippen LogP contribution in [-0.2, 0) is 0 Å². The van der Waals surface area contributed by atoms with Gasteiger partial charge in [0.05, 0.1) is 17.6 Å². The Hall–Kier alpha value is -2.20. The number of halogens is 1. The molecule has 1 atom stereocenters. The summed E-state index contributed by atoms with van der Waals surface area (Å²) in [6, 6.07) is 5.29. The fourth-order valence-electron chi connectivity index (χ4n) is 1.75. The zero-order valence-corrected chi connectivity index (χ0v) is 12.1. The number of hydrogen-bond donors (Lipinski definition) is 1. The van der Waals surface area contributed by atoms with Crippen molar-refractivity contribution in [2.24, 2.45) is 0 Å². The minimum atomic E-state index is -0.609. The van der Waals surface area contributed by atoms with Crippen LogP contribution in [0.2, 0.25) is 0 Å². The SMILES string of the molecule is CNC(C)(C#N)CCCCOc1cc(F)ccc1[N+](=O)[O-]. The van der Waals surface area contributed by atoms with E-state index >= 15 is 0 Å². The number of benzene rings is 1. The molecule has 7 heteroatoms. The Kier molecular flexibility index (Phi) is 6.06. The summed E-state index contributed by atoms with van der Waals surface area (Å²) in [5.74, 6) is -0.653. The van der Waals surface area contributed by atoms with Gasteiger partial charge in [0, 0.05) is 12.1 Å². The molecule has 0 heterocycles. The number of nitriles is 1. The van der Waals surface area contributed by atoms with Gasteiger partial charge in [-0.05, 0) is 39.3 Å². The highest BCUT2D eigenvalue weighted by Crippen LogP contribution is 2.27. The molecule has 1 aromatic rings. The van der Waals surface area contributed by atoms with E-state index in [1.54, 1.807) is 14.0 Å². The molecular weight excluding hydrogens is 277 g/mol. The van der Waals surface area contributed by atoms with Gasteiger partial charge in [-0.25, -0.2) is 4.39 Å². The van der Waals surface area contributed by atoms with Gasteiger partial charge in [0.25, 0.3) is 0 Å². The van der Waals surface area contributed by atoms with Crippen molar-refractivity contribution in [2.75, 3.05) is 13.7 Å². The van der Waals surface area contributed by atoms with Crippen LogP contribution in [0, 0.1) is 27.3 Å². The molecule has 1 N–H and O–H groups in total. The fourth-order valence-corrected chi connectivity index (χ4v) is 1.75. The van der Waals surface area contributed by atoms with Crippen molar-refractivity contribution in [3.63, 3.8) is 0 Å². The molecule has 21 heavy (non-hydrogen) atoms. The number of nitrogens with one attached hydrogen (secondary N) is 1. The van der Waals surface area contributed by atoms with Gasteiger partial charge < -0.3 is 10.1 Å². The highest BCUT2D eigenvalue weighted by Gasteiger charge is 2.20. The predicted molar refractivity (Wildman–Crippen MR) is 75.5 cm³/mol. The normalized spacial score (nSPS) is 13.2. The van der Waals surface area contributed by atoms with Crippen LogP contribution in [0.1, 0.15) is 26.2 Å². The summed E-state index contributed by atoms with van der Waals surface area (Å²) < 4.78 is 18.4. The van der Waals surface area contributed by atoms with E-state index in [9.17, 15) is 14.5 Å². The minimum Gasteiger partial charge on any atom is -0.487 e. The van der Waals surface area contributed by atoms with Gasteiger partial charge in [0.1, 0.15) is 11.4 Å². The molecule has 0 aromatic heterocycles. The third kappa shape index (κ3) is 5.00. The van der Waals surface area contributed by atoms with E-state index in [2.05, 4.69) is 11.4 Å². The second-order valence-corrected chi connectivity index (χ2v) is 4.87. The topological polar surface area (TPSA) is 88.2 Å². The molecule has 0 amide bonds. The number of ether oxygens (including phenoxy) is 1. The zero-order chi connectivity index (χ0) is 15.9. The van der Waals surface area contributed by atoms with Crippen LogP contribution in [-0.4, -0.2) is 24.1 Å². The molecule has 0 bridgehead atoms. The van der Waals surface area contributed by atoms with E-state index in [0.717, 1.165) is 18.2 Å². The van der Waals surface area contributed by atoms with Gasteiger partial charge in [0.15, 0.2) is 5.75 Å². The lowest BCUT2D eigenvalue weighted by Gasteiger charge is -2.20. The first-order chi connectivity index (χ1) is 9.91. The van der Waals surface area contributed by atoms with Gasteiger partial charge in [-0.15, -0.1) is 0 Å². The zero-order valence-electron chi connectivity index (χ0n) is 12.1. The fraction of sp³-hybridized carbons (Fsp3) is 0.500. The van der Waals surface area contributed by atoms with Crippen LogP contribution in [0.3, 0.4) is 0 Å². The van der Waals surface area contributed by atoms with Crippen molar-refractivity contribution in [2.45, 2.75) is 31.7 Å². The summed E-state index contributed by atoms with van der Waals surface area (Å²) in [5.41, 5.74) is -0.848. The maximum Gasteiger partial charge on any atom is 0.311 e. The summed E-state index contributed by atoms with van der Waals surface area (Å²) >= 11 is 0. The van der Waals surface area contributed by atoms with Crippen molar-refractivity contribution < 1.29 is 14.1 Å². The number of nitro benzene ring substituents is 1. The maximum absolute atomic E-state index is 13.1. The summed E-state index contributed by atoms with van der Waals surface area (Å²) in [4.78, 5) is 10.2. The average Bonchev–Trinajstić information content (AvgIpc) is 2.46. The number of rotatable bonds is 8. The monoisotopic (exact) mass is 295 g/mol. The number of unbranched alkanes of at least 4 members (excludes halogenated alkanes) is 1. The third-order valence-electron chi connectivity index (χ3n) is 3.25. The Labute approximate surface area is 122 Å². The molecule has 0 radical (unpaired) electrons. The van der Waals surface area contributed by atoms with Crippen LogP contribution in [0.25, 0.3) is 0 Å². The van der Waals surface area contributed by atoms with Gasteiger partial charge in [-0.1, -0.05) is 0 Å². The van der Waals surface area contributed by atoms with Crippen LogP contribution < -0.4 is 10.1 Å². The van der Waals surface area contributed by atoms with E-state index in [0.29, 0.717) is 19.3 Å². The third-order valence-corrected chi connectivity index (χ3v) is 3.25. The summed E-state index contributed by atoms with van der Waals surface area (Å²) in [6.07, 6.45) is 1.97. The quantitative estimate of drug-likeness (QED) is 0.452. The molecule has 6 nitrogen and oxygen atoms in total. The Morgan fingerprint density at radius 1 is 1.52 bits per heavy atom. The van der Waals surface area contributed by atoms with Crippen molar-refractivity contribution in [3.8, 4) is 11.8 Å². The van der Waals surface area contributed by atoms with E-state index in [1.807, 2.05) is 0 Å². The molecule has 0 aliphatic rings. The Bertz CT molecular complexity index is 545. The smallest absolute Gasteiger partial charge is 0.311 e. The molecule has 1 rings (SSSR count). The average molecular weight is 295 g/mol. The maximum atomic E-state index is 13.1. The number of hydrogen-bond acceptors (Lipinski definition) is 5. The molecule has 0 saturated heterocycles. The first kappa shape index (κ1) is 16.9. The van der Waals surface area contributed by atoms with Crippen LogP contribution in [0.4, 0.5) is 10.1 Å². The molecule has 1 aromatic carbocycles. The standard InChI is InChI=1S/C14H18FN3O3/c1-14(10-16,17-2)7-3-4-8-21-13-9-11(15)5-6-12(13)18(19)20/h5-6,9,17H,3-4,7-8H2,1-2H3.